The van der Waals surface area contributed by atoms with Crippen molar-refractivity contribution < 1.29 is 26.4 Å². The maximum absolute atomic E-state index is 13.9. The molecule has 0 saturated carbocycles. The zero-order valence-electron chi connectivity index (χ0n) is 20.6. The highest BCUT2D eigenvalue weighted by Crippen LogP contribution is 2.40. The number of sulfonamides is 1. The van der Waals surface area contributed by atoms with E-state index in [0.29, 0.717) is 42.4 Å². The number of carbonyl (C=O) groups excluding carboxylic acids is 1. The summed E-state index contributed by atoms with van der Waals surface area (Å²) in [5.74, 6) is -0.552. The van der Waals surface area contributed by atoms with Crippen LogP contribution in [0.4, 0.5) is 13.2 Å². The number of H-pyrrole nitrogens is 1. The first-order valence-corrected chi connectivity index (χ1v) is 15.0. The number of nitrogens with one attached hydrogen (secondary N) is 1. The SMILES string of the molecule is CS(=O)(=O)N1CCCN(C2=NC(=O)C(=C(Cc3ccc(Cl)cc3C(F)(F)F)c3ccc4[nH]ncc4c3)S2)CC1. The van der Waals surface area contributed by atoms with Crippen LogP contribution in [0, 0.1) is 0 Å². The molecule has 206 valence electrons. The lowest BCUT2D eigenvalue weighted by atomic mass is 9.93. The number of nitrogens with zero attached hydrogens (tertiary/aromatic N) is 4. The quantitative estimate of drug-likeness (QED) is 0.435. The first-order valence-electron chi connectivity index (χ1n) is 11.9. The fourth-order valence-corrected chi connectivity index (χ4v) is 6.75. The predicted molar refractivity (Wildman–Crippen MR) is 146 cm³/mol. The van der Waals surface area contributed by atoms with Gasteiger partial charge >= 0.3 is 6.18 Å². The summed E-state index contributed by atoms with van der Waals surface area (Å²) in [6.45, 7) is 1.43. The van der Waals surface area contributed by atoms with Crippen molar-refractivity contribution >= 4 is 60.9 Å². The van der Waals surface area contributed by atoms with E-state index in [1.807, 2.05) is 4.90 Å². The second-order valence-corrected chi connectivity index (χ2v) is 12.7. The number of carbonyl (C=O) groups is 1. The average Bonchev–Trinajstić information content (AvgIpc) is 3.39. The number of benzene rings is 2. The number of thioether (sulfide) groups is 1. The normalized spacial score (nSPS) is 18.9. The van der Waals surface area contributed by atoms with Crippen LogP contribution in [0.2, 0.25) is 5.02 Å². The molecule has 0 unspecified atom stereocenters. The number of allylic oxidation sites excluding steroid dienone is 1. The van der Waals surface area contributed by atoms with Gasteiger partial charge in [0.1, 0.15) is 0 Å². The second-order valence-electron chi connectivity index (χ2n) is 9.26. The standard InChI is InChI=1S/C25H23ClF3N5O3S2/c1-39(36,37)34-8-2-7-33(9-10-34)24-31-23(35)22(38-24)19(15-4-6-21-17(11-15)14-30-32-21)12-16-3-5-18(26)13-20(16)25(27,28)29/h3-6,11,13-14H,2,7-10,12H2,1H3,(H,30,32). The number of amides is 1. The molecule has 5 rings (SSSR count). The zero-order chi connectivity index (χ0) is 27.9. The molecule has 0 spiro atoms. The van der Waals surface area contributed by atoms with Crippen LogP contribution in [0.25, 0.3) is 16.5 Å². The van der Waals surface area contributed by atoms with E-state index < -0.39 is 27.7 Å². The van der Waals surface area contributed by atoms with Gasteiger partial charge in [0.15, 0.2) is 5.17 Å². The molecule has 14 heteroatoms. The van der Waals surface area contributed by atoms with Crippen molar-refractivity contribution in [2.75, 3.05) is 32.4 Å². The fraction of sp³-hybridized carbons (Fsp3) is 0.320. The van der Waals surface area contributed by atoms with Crippen molar-refractivity contribution in [1.29, 1.82) is 0 Å². The molecule has 2 aliphatic rings. The summed E-state index contributed by atoms with van der Waals surface area (Å²) in [6.07, 6.45) is -1.53. The number of aromatic nitrogens is 2. The Balaban J connectivity index is 1.53. The lowest BCUT2D eigenvalue weighted by molar-refractivity contribution is -0.138. The molecule has 39 heavy (non-hydrogen) atoms. The molecule has 1 aromatic heterocycles. The molecule has 2 aliphatic heterocycles. The van der Waals surface area contributed by atoms with Crippen molar-refractivity contribution in [3.63, 3.8) is 0 Å². The van der Waals surface area contributed by atoms with E-state index in [4.69, 9.17) is 11.6 Å². The highest BCUT2D eigenvalue weighted by atomic mass is 35.5. The number of alkyl halides is 3. The first-order chi connectivity index (χ1) is 18.4. The third kappa shape index (κ3) is 6.01. The van der Waals surface area contributed by atoms with E-state index >= 15 is 0 Å². The molecule has 0 atom stereocenters. The van der Waals surface area contributed by atoms with Gasteiger partial charge in [-0.1, -0.05) is 23.7 Å². The van der Waals surface area contributed by atoms with Crippen LogP contribution in [-0.4, -0.2) is 71.3 Å². The summed E-state index contributed by atoms with van der Waals surface area (Å²) in [7, 11) is -3.36. The molecule has 1 N–H and O–H groups in total. The Hall–Kier alpha value is -2.87. The number of aromatic amines is 1. The van der Waals surface area contributed by atoms with Gasteiger partial charge in [0, 0.05) is 36.6 Å². The molecular formula is C25H23ClF3N5O3S2. The van der Waals surface area contributed by atoms with Crippen LogP contribution in [-0.2, 0) is 27.4 Å². The van der Waals surface area contributed by atoms with Crippen LogP contribution in [0.5, 0.6) is 0 Å². The molecule has 3 heterocycles. The largest absolute Gasteiger partial charge is 0.416 e. The Morgan fingerprint density at radius 3 is 2.67 bits per heavy atom. The van der Waals surface area contributed by atoms with Crippen molar-refractivity contribution in [1.82, 2.24) is 19.4 Å². The number of amidine groups is 1. The molecule has 0 radical (unpaired) electrons. The number of hydrogen-bond donors (Lipinski definition) is 1. The lowest BCUT2D eigenvalue weighted by Crippen LogP contribution is -2.35. The summed E-state index contributed by atoms with van der Waals surface area (Å²) in [5.41, 5.74) is 0.808. The van der Waals surface area contributed by atoms with Crippen molar-refractivity contribution in [3.8, 4) is 0 Å². The van der Waals surface area contributed by atoms with E-state index in [2.05, 4.69) is 15.2 Å². The Morgan fingerprint density at radius 1 is 1.13 bits per heavy atom. The van der Waals surface area contributed by atoms with Gasteiger partial charge in [0.2, 0.25) is 10.0 Å². The van der Waals surface area contributed by atoms with E-state index in [1.165, 1.54) is 16.4 Å². The van der Waals surface area contributed by atoms with E-state index in [-0.39, 0.29) is 28.5 Å². The van der Waals surface area contributed by atoms with Crippen LogP contribution >= 0.6 is 23.4 Å². The zero-order valence-corrected chi connectivity index (χ0v) is 23.0. The minimum Gasteiger partial charge on any atom is -0.349 e. The molecule has 3 aromatic rings. The molecule has 0 bridgehead atoms. The average molecular weight is 598 g/mol. The molecule has 0 aliphatic carbocycles. The smallest absolute Gasteiger partial charge is 0.349 e. The molecule has 2 aromatic carbocycles. The van der Waals surface area contributed by atoms with Crippen LogP contribution < -0.4 is 0 Å². The number of rotatable bonds is 4. The maximum Gasteiger partial charge on any atom is 0.416 e. The summed E-state index contributed by atoms with van der Waals surface area (Å²) in [6, 6.07) is 8.85. The van der Waals surface area contributed by atoms with E-state index in [9.17, 15) is 26.4 Å². The summed E-state index contributed by atoms with van der Waals surface area (Å²) >= 11 is 6.99. The Kier molecular flexibility index (Phi) is 7.53. The Labute approximate surface area is 232 Å². The first kappa shape index (κ1) is 27.7. The van der Waals surface area contributed by atoms with Gasteiger partial charge in [-0.15, -0.1) is 0 Å². The monoisotopic (exact) mass is 597 g/mol. The maximum atomic E-state index is 13.9. The summed E-state index contributed by atoms with van der Waals surface area (Å²) in [4.78, 5) is 19.5. The van der Waals surface area contributed by atoms with Gasteiger partial charge in [0.05, 0.1) is 28.4 Å². The number of aliphatic imine (C=N–C) groups is 1. The molecule has 8 nitrogen and oxygen atoms in total. The number of halogens is 4. The Morgan fingerprint density at radius 2 is 1.92 bits per heavy atom. The number of fused-ring (bicyclic) bond motifs is 1. The van der Waals surface area contributed by atoms with Gasteiger partial charge in [-0.05, 0) is 65.6 Å². The topological polar surface area (TPSA) is 98.7 Å². The molecular weight excluding hydrogens is 575 g/mol. The van der Waals surface area contributed by atoms with Crippen LogP contribution in [0.15, 0.2) is 52.5 Å². The van der Waals surface area contributed by atoms with Gasteiger partial charge in [-0.3, -0.25) is 9.89 Å². The van der Waals surface area contributed by atoms with Crippen molar-refractivity contribution in [3.05, 3.63) is 69.2 Å². The summed E-state index contributed by atoms with van der Waals surface area (Å²) < 4.78 is 67.2. The lowest BCUT2D eigenvalue weighted by Gasteiger charge is -2.22. The third-order valence-corrected chi connectivity index (χ3v) is 9.28. The molecule has 1 fully saturated rings. The predicted octanol–water partition coefficient (Wildman–Crippen LogP) is 4.79. The minimum atomic E-state index is -4.64. The highest BCUT2D eigenvalue weighted by molar-refractivity contribution is 8.18. The van der Waals surface area contributed by atoms with E-state index in [0.717, 1.165) is 35.0 Å². The highest BCUT2D eigenvalue weighted by Gasteiger charge is 2.36. The van der Waals surface area contributed by atoms with Crippen molar-refractivity contribution in [2.24, 2.45) is 4.99 Å². The van der Waals surface area contributed by atoms with Crippen LogP contribution in [0.1, 0.15) is 23.1 Å². The second kappa shape index (κ2) is 10.6. The van der Waals surface area contributed by atoms with Gasteiger partial charge in [-0.2, -0.15) is 23.3 Å². The number of hydrogen-bond acceptors (Lipinski definition) is 6. The molecule has 1 amide bonds. The van der Waals surface area contributed by atoms with Gasteiger partial charge in [0.25, 0.3) is 5.91 Å². The fourth-order valence-electron chi connectivity index (χ4n) is 4.64. The summed E-state index contributed by atoms with van der Waals surface area (Å²) in [5, 5.41) is 7.95. The van der Waals surface area contributed by atoms with Crippen LogP contribution in [0.3, 0.4) is 0 Å². The molecule has 1 saturated heterocycles. The Bertz CT molecular complexity index is 1620. The minimum absolute atomic E-state index is 0.0258. The third-order valence-electron chi connectivity index (χ3n) is 6.59. The van der Waals surface area contributed by atoms with Gasteiger partial charge in [-0.25, -0.2) is 12.7 Å². The van der Waals surface area contributed by atoms with E-state index in [1.54, 1.807) is 24.4 Å². The van der Waals surface area contributed by atoms with Gasteiger partial charge < -0.3 is 4.90 Å². The van der Waals surface area contributed by atoms with Crippen molar-refractivity contribution in [2.45, 2.75) is 19.0 Å².